The smallest absolute Gasteiger partial charge is 0.480 e. The van der Waals surface area contributed by atoms with E-state index in [1.165, 1.54) is 11.9 Å². The molecule has 1 unspecified atom stereocenters. The van der Waals surface area contributed by atoms with Crippen molar-refractivity contribution in [2.24, 2.45) is 10.5 Å². The summed E-state index contributed by atoms with van der Waals surface area (Å²) >= 11 is 0. The Morgan fingerprint density at radius 2 is 1.17 bits per heavy atom. The fourth-order valence-corrected chi connectivity index (χ4v) is 5.46. The van der Waals surface area contributed by atoms with Gasteiger partial charge in [0.2, 0.25) is 5.96 Å². The Morgan fingerprint density at radius 3 is 1.58 bits per heavy atom. The lowest BCUT2D eigenvalue weighted by molar-refractivity contribution is -0.141. The first-order chi connectivity index (χ1) is 23.1. The standard InChI is InChI=1S/C33H48N3O11P/c1-3-14-29(30(37)38)36(2)31(34)35-48(41,46-23-12-10-21-42-32(39)44-25-19-27-15-6-4-7-16-27)47-24-13-11-22-43-33(40)45-26-20-28-17-8-5-9-18-28/h4-9,15-18,29H,3,10-14,19-26H2,1-2H3,(H,37,38)(H2,34,35,41). The van der Waals surface area contributed by atoms with Gasteiger partial charge in [0, 0.05) is 19.9 Å². The van der Waals surface area contributed by atoms with Gasteiger partial charge in [-0.05, 0) is 43.2 Å². The summed E-state index contributed by atoms with van der Waals surface area (Å²) in [5.74, 6) is -1.42. The van der Waals surface area contributed by atoms with Gasteiger partial charge in [0.1, 0.15) is 6.04 Å². The Balaban J connectivity index is 1.77. The molecule has 0 aliphatic carbocycles. The molecule has 3 N–H and O–H groups in total. The average molecular weight is 694 g/mol. The largest absolute Gasteiger partial charge is 0.508 e. The van der Waals surface area contributed by atoms with E-state index in [1.54, 1.807) is 0 Å². The Hall–Kier alpha value is -4.13. The SMILES string of the molecule is CCCC(C(=O)O)N(C)C(N)=NP(=O)(OCCCCOC(=O)OCCc1ccccc1)OCCCCOC(=O)OCCc1ccccc1. The number of aliphatic carboxylic acids is 1. The van der Waals surface area contributed by atoms with Crippen LogP contribution in [-0.4, -0.2) is 87.0 Å². The molecule has 14 nitrogen and oxygen atoms in total. The van der Waals surface area contributed by atoms with Crippen molar-refractivity contribution < 1.29 is 52.1 Å². The van der Waals surface area contributed by atoms with Gasteiger partial charge in [0.15, 0.2) is 0 Å². The molecule has 0 aromatic heterocycles. The van der Waals surface area contributed by atoms with E-state index in [9.17, 15) is 24.1 Å². The van der Waals surface area contributed by atoms with Gasteiger partial charge in [0.05, 0.1) is 39.6 Å². The van der Waals surface area contributed by atoms with Crippen molar-refractivity contribution in [3.05, 3.63) is 71.8 Å². The molecule has 0 saturated carbocycles. The summed E-state index contributed by atoms with van der Waals surface area (Å²) in [4.78, 5) is 36.6. The number of carbonyl (C=O) groups is 3. The number of rotatable bonds is 23. The molecule has 1 atom stereocenters. The van der Waals surface area contributed by atoms with Gasteiger partial charge >= 0.3 is 26.0 Å². The first-order valence-electron chi connectivity index (χ1n) is 16.0. The van der Waals surface area contributed by atoms with Crippen molar-refractivity contribution in [3.8, 4) is 0 Å². The van der Waals surface area contributed by atoms with E-state index < -0.39 is 32.1 Å². The van der Waals surface area contributed by atoms with Crippen LogP contribution in [0.5, 0.6) is 0 Å². The highest BCUT2D eigenvalue weighted by atomic mass is 31.2. The molecule has 0 heterocycles. The van der Waals surface area contributed by atoms with Crippen molar-refractivity contribution in [2.75, 3.05) is 46.7 Å². The van der Waals surface area contributed by atoms with Crippen LogP contribution < -0.4 is 5.73 Å². The first-order valence-corrected chi connectivity index (χ1v) is 17.5. The summed E-state index contributed by atoms with van der Waals surface area (Å²) in [5.41, 5.74) is 8.11. The molecule has 0 aliphatic rings. The minimum Gasteiger partial charge on any atom is -0.480 e. The number of hydrogen-bond donors (Lipinski definition) is 2. The maximum Gasteiger partial charge on any atom is 0.508 e. The van der Waals surface area contributed by atoms with E-state index in [0.29, 0.717) is 44.9 Å². The molecule has 0 fully saturated rings. The topological polar surface area (TPSA) is 186 Å². The van der Waals surface area contributed by atoms with Gasteiger partial charge in [0.25, 0.3) is 0 Å². The molecule has 0 amide bonds. The predicted molar refractivity (Wildman–Crippen MR) is 179 cm³/mol. The quantitative estimate of drug-likeness (QED) is 0.0456. The highest BCUT2D eigenvalue weighted by Crippen LogP contribution is 2.50. The first kappa shape index (κ1) is 40.0. The second-order valence-corrected chi connectivity index (χ2v) is 12.3. The molecule has 266 valence electrons. The molecule has 0 radical (unpaired) electrons. The van der Waals surface area contributed by atoms with E-state index in [2.05, 4.69) is 4.76 Å². The second kappa shape index (κ2) is 23.2. The Kier molecular flexibility index (Phi) is 19.4. The van der Waals surface area contributed by atoms with Crippen molar-refractivity contribution in [2.45, 2.75) is 64.3 Å². The van der Waals surface area contributed by atoms with Crippen LogP contribution >= 0.6 is 7.75 Å². The van der Waals surface area contributed by atoms with E-state index in [0.717, 1.165) is 11.1 Å². The number of ether oxygens (including phenoxy) is 4. The summed E-state index contributed by atoms with van der Waals surface area (Å²) in [6.07, 6.45) is 1.86. The van der Waals surface area contributed by atoms with E-state index in [1.807, 2.05) is 67.6 Å². The van der Waals surface area contributed by atoms with Gasteiger partial charge in [-0.15, -0.1) is 4.76 Å². The number of likely N-dealkylation sites (N-methyl/N-ethyl adjacent to an activating group) is 1. The minimum atomic E-state index is -4.18. The zero-order valence-electron chi connectivity index (χ0n) is 27.7. The summed E-state index contributed by atoms with van der Waals surface area (Å²) in [5, 5.41) is 9.57. The van der Waals surface area contributed by atoms with Crippen LogP contribution in [0.3, 0.4) is 0 Å². The molecule has 0 saturated heterocycles. The zero-order valence-corrected chi connectivity index (χ0v) is 28.6. The second-order valence-electron chi connectivity index (χ2n) is 10.6. The number of benzene rings is 2. The molecule has 2 aromatic carbocycles. The summed E-state index contributed by atoms with van der Waals surface area (Å²) in [7, 11) is -2.74. The van der Waals surface area contributed by atoms with E-state index in [-0.39, 0.29) is 52.0 Å². The lowest BCUT2D eigenvalue weighted by Crippen LogP contribution is -2.46. The van der Waals surface area contributed by atoms with Crippen molar-refractivity contribution in [3.63, 3.8) is 0 Å². The third-order valence-corrected chi connectivity index (χ3v) is 8.30. The normalized spacial score (nSPS) is 12.2. The zero-order chi connectivity index (χ0) is 35.0. The molecule has 48 heavy (non-hydrogen) atoms. The number of unbranched alkanes of at least 4 members (excludes halogenated alkanes) is 2. The maximum atomic E-state index is 13.5. The average Bonchev–Trinajstić information content (AvgIpc) is 3.07. The number of carboxylic acids is 1. The van der Waals surface area contributed by atoms with Gasteiger partial charge in [-0.3, -0.25) is 9.05 Å². The van der Waals surface area contributed by atoms with Crippen LogP contribution in [0.2, 0.25) is 0 Å². The third-order valence-electron chi connectivity index (χ3n) is 6.83. The van der Waals surface area contributed by atoms with Gasteiger partial charge in [-0.2, -0.15) is 0 Å². The van der Waals surface area contributed by atoms with Crippen LogP contribution in [0.1, 0.15) is 56.6 Å². The van der Waals surface area contributed by atoms with Gasteiger partial charge in [-0.25, -0.2) is 18.9 Å². The molecule has 0 bridgehead atoms. The maximum absolute atomic E-state index is 13.5. The minimum absolute atomic E-state index is 0.0544. The number of guanidine groups is 1. The summed E-state index contributed by atoms with van der Waals surface area (Å²) in [6, 6.07) is 18.2. The number of hydrogen-bond acceptors (Lipinski definition) is 10. The van der Waals surface area contributed by atoms with Crippen molar-refractivity contribution in [1.29, 1.82) is 0 Å². The molecule has 0 spiro atoms. The third kappa shape index (κ3) is 17.1. The molecule has 0 aliphatic heterocycles. The highest BCUT2D eigenvalue weighted by molar-refractivity contribution is 7.52. The monoisotopic (exact) mass is 693 g/mol. The molecule has 2 rings (SSSR count). The van der Waals surface area contributed by atoms with Crippen LogP contribution in [0.15, 0.2) is 65.4 Å². The van der Waals surface area contributed by atoms with Crippen LogP contribution in [0, 0.1) is 0 Å². The Bertz CT molecular complexity index is 1220. The fraction of sp³-hybridized carbons (Fsp3) is 0.515. The molecular formula is C33H48N3O11P. The molecule has 15 heteroatoms. The number of nitrogens with zero attached hydrogens (tertiary/aromatic N) is 2. The summed E-state index contributed by atoms with van der Waals surface area (Å²) in [6.45, 7) is 2.17. The van der Waals surface area contributed by atoms with Crippen LogP contribution in [0.4, 0.5) is 9.59 Å². The van der Waals surface area contributed by atoms with Crippen molar-refractivity contribution in [1.82, 2.24) is 4.90 Å². The number of carbonyl (C=O) groups excluding carboxylic acids is 2. The fourth-order valence-electron chi connectivity index (χ4n) is 4.16. The van der Waals surface area contributed by atoms with E-state index >= 15 is 0 Å². The van der Waals surface area contributed by atoms with Gasteiger partial charge in [-0.1, -0.05) is 74.0 Å². The Morgan fingerprint density at radius 1 is 0.750 bits per heavy atom. The Labute approximate surface area is 282 Å². The number of carboxylic acid groups (broad SMARTS) is 1. The van der Waals surface area contributed by atoms with Gasteiger partial charge < -0.3 is 34.7 Å². The predicted octanol–water partition coefficient (Wildman–Crippen LogP) is 5.98. The number of nitrogens with two attached hydrogens (primary N) is 1. The van der Waals surface area contributed by atoms with Crippen LogP contribution in [-0.2, 0) is 50.2 Å². The summed E-state index contributed by atoms with van der Waals surface area (Å²) < 4.78 is 48.8. The molecule has 2 aromatic rings. The lowest BCUT2D eigenvalue weighted by atomic mass is 10.1. The lowest BCUT2D eigenvalue weighted by Gasteiger charge is -2.26. The molecular weight excluding hydrogens is 645 g/mol. The van der Waals surface area contributed by atoms with E-state index in [4.69, 9.17) is 33.7 Å². The van der Waals surface area contributed by atoms with Crippen molar-refractivity contribution >= 4 is 32.0 Å². The van der Waals surface area contributed by atoms with Crippen LogP contribution in [0.25, 0.3) is 0 Å². The highest BCUT2D eigenvalue weighted by Gasteiger charge is 2.29.